The van der Waals surface area contributed by atoms with Gasteiger partial charge in [0, 0.05) is 17.8 Å². The molecule has 2 N–H and O–H groups in total. The van der Waals surface area contributed by atoms with Crippen LogP contribution in [0.15, 0.2) is 47.9 Å². The lowest BCUT2D eigenvalue weighted by molar-refractivity contribution is -0.113. The number of rotatable bonds is 7. The number of halogens is 1. The minimum absolute atomic E-state index is 0.363. The van der Waals surface area contributed by atoms with Crippen LogP contribution in [0.1, 0.15) is 18.5 Å². The van der Waals surface area contributed by atoms with Gasteiger partial charge in [0.2, 0.25) is 5.95 Å². The summed E-state index contributed by atoms with van der Waals surface area (Å²) in [6, 6.07) is 8.06. The molecule has 0 spiro atoms. The lowest BCUT2D eigenvalue weighted by Crippen LogP contribution is -2.31. The van der Waals surface area contributed by atoms with Crippen molar-refractivity contribution in [3.63, 3.8) is 0 Å². The second kappa shape index (κ2) is 9.52. The van der Waals surface area contributed by atoms with Crippen molar-refractivity contribution in [2.24, 2.45) is 0 Å². The van der Waals surface area contributed by atoms with Crippen molar-refractivity contribution in [3.8, 4) is 23.0 Å². The lowest BCUT2D eigenvalue weighted by atomic mass is 9.94. The molecule has 1 aliphatic heterocycles. The van der Waals surface area contributed by atoms with Gasteiger partial charge in [0.25, 0.3) is 5.91 Å². The van der Waals surface area contributed by atoms with Gasteiger partial charge in [-0.25, -0.2) is 4.68 Å². The van der Waals surface area contributed by atoms with Gasteiger partial charge in [-0.2, -0.15) is 10.1 Å². The third kappa shape index (κ3) is 4.08. The molecule has 3 aromatic rings. The Bertz CT molecular complexity index is 1270. The van der Waals surface area contributed by atoms with Crippen LogP contribution in [0, 0.1) is 0 Å². The van der Waals surface area contributed by atoms with E-state index < -0.39 is 6.04 Å². The highest BCUT2D eigenvalue weighted by molar-refractivity contribution is 6.32. The van der Waals surface area contributed by atoms with Gasteiger partial charge >= 0.3 is 0 Å². The number of carbonyl (C=O) groups is 1. The predicted molar refractivity (Wildman–Crippen MR) is 127 cm³/mol. The molecule has 1 aromatic heterocycles. The smallest absolute Gasteiger partial charge is 0.255 e. The SMILES string of the molecule is COc1cc(NC(=O)C2=C(C)Nc3ncnn3[C@@H]2c2ccc(OC)c(OC)c2)c(OC)cc1Cl. The number of aromatic nitrogens is 3. The van der Waals surface area contributed by atoms with Gasteiger partial charge in [-0.15, -0.1) is 0 Å². The van der Waals surface area contributed by atoms with Crippen LogP contribution in [0.2, 0.25) is 5.02 Å². The first-order valence-corrected chi connectivity index (χ1v) is 10.6. The zero-order chi connectivity index (χ0) is 24.4. The van der Waals surface area contributed by atoms with E-state index in [-0.39, 0.29) is 5.91 Å². The summed E-state index contributed by atoms with van der Waals surface area (Å²) in [6.45, 7) is 1.81. The molecule has 0 aliphatic carbocycles. The number of amides is 1. The Labute approximate surface area is 201 Å². The fourth-order valence-corrected chi connectivity index (χ4v) is 4.09. The van der Waals surface area contributed by atoms with E-state index in [2.05, 4.69) is 20.7 Å². The van der Waals surface area contributed by atoms with Crippen molar-refractivity contribution in [2.75, 3.05) is 39.1 Å². The van der Waals surface area contributed by atoms with E-state index in [0.29, 0.717) is 50.9 Å². The molecular weight excluding hydrogens is 462 g/mol. The Kier molecular flexibility index (Phi) is 6.51. The number of carbonyl (C=O) groups excluding carboxylic acids is 1. The van der Waals surface area contributed by atoms with E-state index in [4.69, 9.17) is 30.5 Å². The van der Waals surface area contributed by atoms with Crippen molar-refractivity contribution in [2.45, 2.75) is 13.0 Å². The number of nitrogens with zero attached hydrogens (tertiary/aromatic N) is 3. The average molecular weight is 486 g/mol. The normalized spacial score (nSPS) is 14.7. The summed E-state index contributed by atoms with van der Waals surface area (Å²) in [7, 11) is 6.11. The van der Waals surface area contributed by atoms with Crippen LogP contribution in [0.25, 0.3) is 0 Å². The fraction of sp³-hybridized carbons (Fsp3) is 0.261. The fourth-order valence-electron chi connectivity index (χ4n) is 3.86. The summed E-state index contributed by atoms with van der Waals surface area (Å²) in [6.07, 6.45) is 1.43. The van der Waals surface area contributed by atoms with E-state index in [1.807, 2.05) is 12.1 Å². The topological polar surface area (TPSA) is 109 Å². The van der Waals surface area contributed by atoms with Gasteiger partial charge in [-0.1, -0.05) is 17.7 Å². The van der Waals surface area contributed by atoms with Crippen molar-refractivity contribution in [3.05, 3.63) is 58.5 Å². The van der Waals surface area contributed by atoms with Crippen molar-refractivity contribution < 1.29 is 23.7 Å². The Balaban J connectivity index is 1.79. The Morgan fingerprint density at radius 3 is 2.38 bits per heavy atom. The zero-order valence-corrected chi connectivity index (χ0v) is 20.1. The molecule has 2 heterocycles. The summed E-state index contributed by atoms with van der Waals surface area (Å²) in [5, 5.41) is 10.8. The average Bonchev–Trinajstić information content (AvgIpc) is 3.31. The summed E-state index contributed by atoms with van der Waals surface area (Å²) >= 11 is 6.21. The molecule has 178 valence electrons. The van der Waals surface area contributed by atoms with Crippen LogP contribution in [0.3, 0.4) is 0 Å². The Hall–Kier alpha value is -3.92. The first-order valence-electron chi connectivity index (χ1n) is 10.2. The van der Waals surface area contributed by atoms with Crippen molar-refractivity contribution >= 4 is 29.1 Å². The quantitative estimate of drug-likeness (QED) is 0.518. The highest BCUT2D eigenvalue weighted by atomic mass is 35.5. The Morgan fingerprint density at radius 1 is 1.00 bits per heavy atom. The number of anilines is 2. The maximum absolute atomic E-state index is 13.7. The molecule has 11 heteroatoms. The zero-order valence-electron chi connectivity index (χ0n) is 19.3. The first-order chi connectivity index (χ1) is 16.4. The summed E-state index contributed by atoms with van der Waals surface area (Å²) in [5.41, 5.74) is 2.22. The van der Waals surface area contributed by atoms with E-state index in [9.17, 15) is 4.79 Å². The van der Waals surface area contributed by atoms with Gasteiger partial charge in [-0.05, 0) is 24.6 Å². The molecule has 2 aromatic carbocycles. The molecule has 0 saturated carbocycles. The number of hydrogen-bond donors (Lipinski definition) is 2. The number of allylic oxidation sites excluding steroid dienone is 1. The van der Waals surface area contributed by atoms with Crippen LogP contribution in [0.5, 0.6) is 23.0 Å². The molecular formula is C23H24ClN5O5. The molecule has 0 fully saturated rings. The third-order valence-corrected chi connectivity index (χ3v) is 5.78. The highest BCUT2D eigenvalue weighted by Gasteiger charge is 2.34. The molecule has 4 rings (SSSR count). The molecule has 0 bridgehead atoms. The molecule has 10 nitrogen and oxygen atoms in total. The van der Waals surface area contributed by atoms with Crippen LogP contribution in [-0.2, 0) is 4.79 Å². The van der Waals surface area contributed by atoms with Crippen LogP contribution >= 0.6 is 11.6 Å². The number of ether oxygens (including phenoxy) is 4. The number of nitrogens with one attached hydrogen (secondary N) is 2. The summed E-state index contributed by atoms with van der Waals surface area (Å²) in [4.78, 5) is 17.9. The summed E-state index contributed by atoms with van der Waals surface area (Å²) < 4.78 is 23.2. The van der Waals surface area contributed by atoms with Gasteiger partial charge in [0.15, 0.2) is 11.5 Å². The Morgan fingerprint density at radius 2 is 1.71 bits per heavy atom. The molecule has 1 amide bonds. The lowest BCUT2D eigenvalue weighted by Gasteiger charge is -2.29. The summed E-state index contributed by atoms with van der Waals surface area (Å²) in [5.74, 6) is 2.05. The molecule has 34 heavy (non-hydrogen) atoms. The number of benzene rings is 2. The molecule has 0 unspecified atom stereocenters. The van der Waals surface area contributed by atoms with Crippen molar-refractivity contribution in [1.82, 2.24) is 14.8 Å². The van der Waals surface area contributed by atoms with Gasteiger partial charge < -0.3 is 29.6 Å². The minimum atomic E-state index is -0.584. The van der Waals surface area contributed by atoms with E-state index >= 15 is 0 Å². The molecule has 0 radical (unpaired) electrons. The van der Waals surface area contributed by atoms with Crippen molar-refractivity contribution in [1.29, 1.82) is 0 Å². The predicted octanol–water partition coefficient (Wildman–Crippen LogP) is 3.89. The van der Waals surface area contributed by atoms with Crippen LogP contribution in [0.4, 0.5) is 11.6 Å². The largest absolute Gasteiger partial charge is 0.495 e. The van der Waals surface area contributed by atoms with Gasteiger partial charge in [-0.3, -0.25) is 4.79 Å². The molecule has 0 saturated heterocycles. The maximum Gasteiger partial charge on any atom is 0.255 e. The number of hydrogen-bond acceptors (Lipinski definition) is 8. The number of fused-ring (bicyclic) bond motifs is 1. The molecule has 1 atom stereocenters. The standard InChI is InChI=1S/C23H24ClN5O5/c1-12-20(22(30)28-15-10-17(32-3)14(24)9-18(15)33-4)21(29-23(27-12)25-11-26-29)13-6-7-16(31-2)19(8-13)34-5/h6-11,21H,1-5H3,(H,28,30)(H,25,26,27)/t21-/m1/s1. The second-order valence-corrected chi connectivity index (χ2v) is 7.76. The van der Waals surface area contributed by atoms with E-state index in [0.717, 1.165) is 5.56 Å². The maximum atomic E-state index is 13.7. The van der Waals surface area contributed by atoms with Crippen LogP contribution in [-0.4, -0.2) is 49.1 Å². The minimum Gasteiger partial charge on any atom is -0.495 e. The third-order valence-electron chi connectivity index (χ3n) is 5.48. The second-order valence-electron chi connectivity index (χ2n) is 7.35. The van der Waals surface area contributed by atoms with Crippen LogP contribution < -0.4 is 29.6 Å². The highest BCUT2D eigenvalue weighted by Crippen LogP contribution is 2.40. The van der Waals surface area contributed by atoms with E-state index in [1.165, 1.54) is 20.5 Å². The van der Waals surface area contributed by atoms with Gasteiger partial charge in [0.05, 0.1) is 44.7 Å². The number of methoxy groups -OCH3 is 4. The van der Waals surface area contributed by atoms with Gasteiger partial charge in [0.1, 0.15) is 23.9 Å². The first kappa shape index (κ1) is 23.2. The van der Waals surface area contributed by atoms with E-state index in [1.54, 1.807) is 44.0 Å². The monoisotopic (exact) mass is 485 g/mol. The molecule has 1 aliphatic rings.